The molecule has 0 saturated carbocycles. The number of benzene rings is 3. The van der Waals surface area contributed by atoms with E-state index in [1.807, 2.05) is 49.4 Å². The lowest BCUT2D eigenvalue weighted by Crippen LogP contribution is -2.22. The van der Waals surface area contributed by atoms with Gasteiger partial charge in [-0.3, -0.25) is 4.79 Å². The molecule has 3 aromatic carbocycles. The Morgan fingerprint density at radius 3 is 2.00 bits per heavy atom. The Balaban J connectivity index is 1.71. The number of carbonyl (C=O) groups is 2. The van der Waals surface area contributed by atoms with Crippen LogP contribution in [0, 0.1) is 6.92 Å². The van der Waals surface area contributed by atoms with Crippen molar-refractivity contribution in [1.29, 1.82) is 0 Å². The molecule has 0 radical (unpaired) electrons. The summed E-state index contributed by atoms with van der Waals surface area (Å²) in [5, 5.41) is 8.30. The molecule has 5 nitrogen and oxygen atoms in total. The quantitative estimate of drug-likeness (QED) is 0.630. The minimum atomic E-state index is -0.409. The highest BCUT2D eigenvalue weighted by atomic mass is 16.2. The van der Waals surface area contributed by atoms with E-state index in [1.54, 1.807) is 36.4 Å². The third-order valence-electron chi connectivity index (χ3n) is 3.76. The molecule has 3 amide bonds. The van der Waals surface area contributed by atoms with Gasteiger partial charge in [-0.1, -0.05) is 48.0 Å². The lowest BCUT2D eigenvalue weighted by molar-refractivity contribution is 0.102. The van der Waals surface area contributed by atoms with Crippen molar-refractivity contribution in [3.63, 3.8) is 0 Å². The first-order valence-corrected chi connectivity index (χ1v) is 8.22. The maximum absolute atomic E-state index is 12.5. The van der Waals surface area contributed by atoms with Crippen LogP contribution >= 0.6 is 0 Å². The average Bonchev–Trinajstić information content (AvgIpc) is 2.65. The zero-order chi connectivity index (χ0) is 18.4. The van der Waals surface area contributed by atoms with Crippen molar-refractivity contribution in [2.45, 2.75) is 6.92 Å². The largest absolute Gasteiger partial charge is 0.323 e. The fourth-order valence-corrected chi connectivity index (χ4v) is 2.43. The minimum absolute atomic E-state index is 0.289. The summed E-state index contributed by atoms with van der Waals surface area (Å²) >= 11 is 0. The third kappa shape index (κ3) is 4.48. The van der Waals surface area contributed by atoms with Gasteiger partial charge in [-0.25, -0.2) is 4.79 Å². The summed E-state index contributed by atoms with van der Waals surface area (Å²) in [4.78, 5) is 24.8. The van der Waals surface area contributed by atoms with Gasteiger partial charge in [0.1, 0.15) is 0 Å². The second-order valence-corrected chi connectivity index (χ2v) is 5.81. The molecular formula is C21H19N3O2. The molecule has 0 saturated heterocycles. The number of hydrogen-bond donors (Lipinski definition) is 3. The molecule has 0 bridgehead atoms. The molecule has 26 heavy (non-hydrogen) atoms. The van der Waals surface area contributed by atoms with Gasteiger partial charge in [-0.15, -0.1) is 0 Å². The van der Waals surface area contributed by atoms with E-state index in [1.165, 1.54) is 0 Å². The highest BCUT2D eigenvalue weighted by Crippen LogP contribution is 2.18. The van der Waals surface area contributed by atoms with Gasteiger partial charge in [0.25, 0.3) is 5.91 Å². The summed E-state index contributed by atoms with van der Waals surface area (Å²) < 4.78 is 0. The van der Waals surface area contributed by atoms with E-state index >= 15 is 0 Å². The second-order valence-electron chi connectivity index (χ2n) is 5.81. The first kappa shape index (κ1) is 17.2. The maximum Gasteiger partial charge on any atom is 0.323 e. The molecule has 0 aliphatic heterocycles. The number of urea groups is 1. The van der Waals surface area contributed by atoms with Crippen molar-refractivity contribution < 1.29 is 9.59 Å². The fourth-order valence-electron chi connectivity index (χ4n) is 2.43. The van der Waals surface area contributed by atoms with Gasteiger partial charge < -0.3 is 16.0 Å². The van der Waals surface area contributed by atoms with Crippen LogP contribution in [-0.2, 0) is 0 Å². The standard InChI is InChI=1S/C21H19N3O2/c1-15-11-13-17(14-12-15)23-21(26)24-19-10-6-5-9-18(19)20(25)22-16-7-3-2-4-8-16/h2-14H,1H3,(H,22,25)(H2,23,24,26). The van der Waals surface area contributed by atoms with Crippen LogP contribution in [0.2, 0.25) is 0 Å². The van der Waals surface area contributed by atoms with Gasteiger partial charge in [0.2, 0.25) is 0 Å². The van der Waals surface area contributed by atoms with Crippen molar-refractivity contribution in [3.8, 4) is 0 Å². The van der Waals surface area contributed by atoms with Crippen molar-refractivity contribution in [1.82, 2.24) is 0 Å². The lowest BCUT2D eigenvalue weighted by atomic mass is 10.1. The molecule has 0 aromatic heterocycles. The fraction of sp³-hybridized carbons (Fsp3) is 0.0476. The van der Waals surface area contributed by atoms with E-state index < -0.39 is 6.03 Å². The molecule has 0 fully saturated rings. The van der Waals surface area contributed by atoms with E-state index in [9.17, 15) is 9.59 Å². The van der Waals surface area contributed by atoms with Crippen LogP contribution < -0.4 is 16.0 Å². The SMILES string of the molecule is Cc1ccc(NC(=O)Nc2ccccc2C(=O)Nc2ccccc2)cc1. The molecule has 0 aliphatic rings. The molecule has 0 spiro atoms. The van der Waals surface area contributed by atoms with Crippen molar-refractivity contribution in [2.24, 2.45) is 0 Å². The zero-order valence-corrected chi connectivity index (χ0v) is 14.3. The zero-order valence-electron chi connectivity index (χ0n) is 14.3. The summed E-state index contributed by atoms with van der Waals surface area (Å²) in [5.74, 6) is -0.289. The molecule has 3 N–H and O–H groups in total. The monoisotopic (exact) mass is 345 g/mol. The molecule has 5 heteroatoms. The number of amides is 3. The Kier molecular flexibility index (Phi) is 5.29. The Bertz CT molecular complexity index is 906. The van der Waals surface area contributed by atoms with E-state index in [0.717, 1.165) is 5.56 Å². The first-order valence-electron chi connectivity index (χ1n) is 8.22. The molecule has 0 atom stereocenters. The number of aryl methyl sites for hydroxylation is 1. The van der Waals surface area contributed by atoms with Crippen LogP contribution in [0.1, 0.15) is 15.9 Å². The second kappa shape index (κ2) is 7.98. The van der Waals surface area contributed by atoms with Gasteiger partial charge in [-0.2, -0.15) is 0 Å². The Hall–Kier alpha value is -3.60. The lowest BCUT2D eigenvalue weighted by Gasteiger charge is -2.12. The third-order valence-corrected chi connectivity index (χ3v) is 3.76. The van der Waals surface area contributed by atoms with E-state index in [0.29, 0.717) is 22.6 Å². The van der Waals surface area contributed by atoms with Crippen LogP contribution in [0.4, 0.5) is 21.9 Å². The number of rotatable bonds is 4. The predicted octanol–water partition coefficient (Wildman–Crippen LogP) is 4.89. The molecule has 0 heterocycles. The Morgan fingerprint density at radius 2 is 1.27 bits per heavy atom. The van der Waals surface area contributed by atoms with Crippen LogP contribution in [0.5, 0.6) is 0 Å². The molecule has 130 valence electrons. The summed E-state index contributed by atoms with van der Waals surface area (Å²) in [6.45, 7) is 1.98. The van der Waals surface area contributed by atoms with Gasteiger partial charge in [0.15, 0.2) is 0 Å². The van der Waals surface area contributed by atoms with Gasteiger partial charge >= 0.3 is 6.03 Å². The van der Waals surface area contributed by atoms with Gasteiger partial charge in [0.05, 0.1) is 11.3 Å². The number of para-hydroxylation sites is 2. The molecule has 0 unspecified atom stereocenters. The molecule has 0 aliphatic carbocycles. The number of carbonyl (C=O) groups excluding carboxylic acids is 2. The molecule has 3 aromatic rings. The maximum atomic E-state index is 12.5. The topological polar surface area (TPSA) is 70.2 Å². The van der Waals surface area contributed by atoms with Crippen LogP contribution in [0.3, 0.4) is 0 Å². The molecular weight excluding hydrogens is 326 g/mol. The van der Waals surface area contributed by atoms with Crippen LogP contribution in [-0.4, -0.2) is 11.9 Å². The van der Waals surface area contributed by atoms with Gasteiger partial charge in [-0.05, 0) is 43.3 Å². The highest BCUT2D eigenvalue weighted by molar-refractivity contribution is 6.11. The van der Waals surface area contributed by atoms with Crippen molar-refractivity contribution >= 4 is 29.0 Å². The molecule has 3 rings (SSSR count). The number of anilines is 3. The average molecular weight is 345 g/mol. The predicted molar refractivity (Wildman–Crippen MR) is 105 cm³/mol. The summed E-state index contributed by atoms with van der Waals surface area (Å²) in [5.41, 5.74) is 3.30. The minimum Gasteiger partial charge on any atom is -0.322 e. The van der Waals surface area contributed by atoms with Crippen molar-refractivity contribution in [3.05, 3.63) is 90.0 Å². The number of hydrogen-bond acceptors (Lipinski definition) is 2. The summed E-state index contributed by atoms with van der Waals surface area (Å²) in [7, 11) is 0. The van der Waals surface area contributed by atoms with E-state index in [2.05, 4.69) is 16.0 Å². The normalized spacial score (nSPS) is 10.0. The number of nitrogens with one attached hydrogen (secondary N) is 3. The van der Waals surface area contributed by atoms with Crippen LogP contribution in [0.25, 0.3) is 0 Å². The highest BCUT2D eigenvalue weighted by Gasteiger charge is 2.13. The smallest absolute Gasteiger partial charge is 0.322 e. The Labute approximate surface area is 152 Å². The van der Waals surface area contributed by atoms with E-state index in [-0.39, 0.29) is 5.91 Å². The Morgan fingerprint density at radius 1 is 0.654 bits per heavy atom. The summed E-state index contributed by atoms with van der Waals surface area (Å²) in [6, 6.07) is 23.1. The van der Waals surface area contributed by atoms with Crippen LogP contribution in [0.15, 0.2) is 78.9 Å². The first-order chi connectivity index (χ1) is 12.6. The van der Waals surface area contributed by atoms with E-state index in [4.69, 9.17) is 0 Å². The van der Waals surface area contributed by atoms with Crippen molar-refractivity contribution in [2.75, 3.05) is 16.0 Å². The summed E-state index contributed by atoms with van der Waals surface area (Å²) in [6.07, 6.45) is 0. The van der Waals surface area contributed by atoms with Gasteiger partial charge in [0, 0.05) is 11.4 Å².